The third-order valence-corrected chi connectivity index (χ3v) is 7.97. The second-order valence-corrected chi connectivity index (χ2v) is 11.0. The molecule has 1 fully saturated rings. The van der Waals surface area contributed by atoms with Gasteiger partial charge in [0.2, 0.25) is 15.9 Å². The Morgan fingerprint density at radius 3 is 2.33 bits per heavy atom. The Hall–Kier alpha value is -2.03. The number of amides is 1. The predicted octanol–water partition coefficient (Wildman–Crippen LogP) is 4.41. The van der Waals surface area contributed by atoms with Crippen molar-refractivity contribution in [3.63, 3.8) is 0 Å². The Morgan fingerprint density at radius 2 is 1.73 bits per heavy atom. The molecule has 1 N–H and O–H groups in total. The third kappa shape index (κ3) is 5.77. The highest BCUT2D eigenvalue weighted by molar-refractivity contribution is 7.89. The maximum absolute atomic E-state index is 12.9. The Balaban J connectivity index is 1.52. The lowest BCUT2D eigenvalue weighted by Gasteiger charge is -2.34. The number of ketones is 1. The van der Waals surface area contributed by atoms with Crippen LogP contribution in [0.4, 0.5) is 5.69 Å². The lowest BCUT2D eigenvalue weighted by molar-refractivity contribution is -0.116. The van der Waals surface area contributed by atoms with Crippen LogP contribution in [0, 0.1) is 11.8 Å². The van der Waals surface area contributed by atoms with Crippen LogP contribution in [-0.4, -0.2) is 37.5 Å². The van der Waals surface area contributed by atoms with E-state index in [2.05, 4.69) is 19.2 Å². The van der Waals surface area contributed by atoms with Gasteiger partial charge >= 0.3 is 0 Å². The SMILES string of the molecule is CC1CC(C)CN(S(=O)(=O)c2ccc(NC(=O)CCCC(=O)c3cccs3)cc2)C1. The quantitative estimate of drug-likeness (QED) is 0.607. The van der Waals surface area contributed by atoms with Crippen LogP contribution >= 0.6 is 11.3 Å². The third-order valence-electron chi connectivity index (χ3n) is 5.21. The Labute approximate surface area is 182 Å². The van der Waals surface area contributed by atoms with E-state index in [4.69, 9.17) is 0 Å². The average Bonchev–Trinajstić information content (AvgIpc) is 3.22. The highest BCUT2D eigenvalue weighted by atomic mass is 32.2. The van der Waals surface area contributed by atoms with Crippen molar-refractivity contribution in [3.8, 4) is 0 Å². The number of rotatable bonds is 8. The maximum atomic E-state index is 12.9. The fourth-order valence-electron chi connectivity index (χ4n) is 3.85. The minimum Gasteiger partial charge on any atom is -0.326 e. The standard InChI is InChI=1S/C22H28N2O4S2/c1-16-13-17(2)15-24(14-16)30(27,28)19-10-8-18(9-11-19)23-22(26)7-3-5-20(25)21-6-4-12-29-21/h4,6,8-12,16-17H,3,5,7,13-15H2,1-2H3,(H,23,26). The van der Waals surface area contributed by atoms with Crippen LogP contribution in [0.5, 0.6) is 0 Å². The summed E-state index contributed by atoms with van der Waals surface area (Å²) in [6.07, 6.45) is 2.08. The monoisotopic (exact) mass is 448 g/mol. The van der Waals surface area contributed by atoms with Gasteiger partial charge in [0.1, 0.15) is 0 Å². The Kier molecular flexibility index (Phi) is 7.44. The van der Waals surface area contributed by atoms with Crippen molar-refractivity contribution in [2.24, 2.45) is 11.8 Å². The molecule has 0 saturated carbocycles. The normalized spacial score (nSPS) is 20.1. The topological polar surface area (TPSA) is 83.6 Å². The van der Waals surface area contributed by atoms with Crippen LogP contribution in [-0.2, 0) is 14.8 Å². The van der Waals surface area contributed by atoms with Crippen molar-refractivity contribution in [1.82, 2.24) is 4.31 Å². The highest BCUT2D eigenvalue weighted by Gasteiger charge is 2.31. The first kappa shape index (κ1) is 22.7. The molecule has 2 heterocycles. The molecule has 0 spiro atoms. The molecule has 1 aliphatic rings. The first-order valence-corrected chi connectivity index (χ1v) is 12.5. The van der Waals surface area contributed by atoms with E-state index < -0.39 is 10.0 Å². The molecule has 0 radical (unpaired) electrons. The second kappa shape index (κ2) is 9.85. The fraction of sp³-hybridized carbons (Fsp3) is 0.455. The number of hydrogen-bond acceptors (Lipinski definition) is 5. The van der Waals surface area contributed by atoms with Gasteiger partial charge in [0.25, 0.3) is 0 Å². The number of nitrogens with zero attached hydrogens (tertiary/aromatic N) is 1. The molecule has 1 saturated heterocycles. The van der Waals surface area contributed by atoms with Gasteiger partial charge in [0, 0.05) is 31.6 Å². The molecule has 162 valence electrons. The van der Waals surface area contributed by atoms with Crippen molar-refractivity contribution in [3.05, 3.63) is 46.7 Å². The first-order valence-electron chi connectivity index (χ1n) is 10.2. The minimum atomic E-state index is -3.53. The summed E-state index contributed by atoms with van der Waals surface area (Å²) in [5.41, 5.74) is 0.545. The van der Waals surface area contributed by atoms with Gasteiger partial charge < -0.3 is 5.32 Å². The average molecular weight is 449 g/mol. The number of sulfonamides is 1. The molecule has 6 nitrogen and oxygen atoms in total. The van der Waals surface area contributed by atoms with E-state index >= 15 is 0 Å². The van der Waals surface area contributed by atoms with Crippen molar-refractivity contribution in [2.45, 2.75) is 44.4 Å². The summed E-state index contributed by atoms with van der Waals surface area (Å²) < 4.78 is 27.4. The number of benzene rings is 1. The fourth-order valence-corrected chi connectivity index (χ4v) is 6.23. The largest absolute Gasteiger partial charge is 0.326 e. The number of anilines is 1. The zero-order chi connectivity index (χ0) is 21.7. The maximum Gasteiger partial charge on any atom is 0.243 e. The van der Waals surface area contributed by atoms with Crippen LogP contribution in [0.15, 0.2) is 46.7 Å². The molecule has 0 aliphatic carbocycles. The molecule has 8 heteroatoms. The number of nitrogens with one attached hydrogen (secondary N) is 1. The minimum absolute atomic E-state index is 0.0497. The summed E-state index contributed by atoms with van der Waals surface area (Å²) in [5, 5.41) is 4.62. The molecule has 0 bridgehead atoms. The Morgan fingerprint density at radius 1 is 1.07 bits per heavy atom. The molecule has 2 aromatic rings. The molecule has 2 atom stereocenters. The van der Waals surface area contributed by atoms with Crippen molar-refractivity contribution >= 4 is 38.7 Å². The van der Waals surface area contributed by atoms with Gasteiger partial charge in [-0.15, -0.1) is 11.3 Å². The van der Waals surface area contributed by atoms with Crippen LogP contribution in [0.3, 0.4) is 0 Å². The zero-order valence-corrected chi connectivity index (χ0v) is 19.0. The number of thiophene rings is 1. The molecule has 1 aromatic heterocycles. The summed E-state index contributed by atoms with van der Waals surface area (Å²) in [5.74, 6) is 0.541. The lowest BCUT2D eigenvalue weighted by Crippen LogP contribution is -2.42. The van der Waals surface area contributed by atoms with Gasteiger partial charge in [-0.3, -0.25) is 9.59 Å². The molecule has 1 aromatic carbocycles. The van der Waals surface area contributed by atoms with E-state index in [-0.39, 0.29) is 23.0 Å². The first-order chi connectivity index (χ1) is 14.3. The van der Waals surface area contributed by atoms with Gasteiger partial charge in [-0.25, -0.2) is 8.42 Å². The van der Waals surface area contributed by atoms with Crippen molar-refractivity contribution in [2.75, 3.05) is 18.4 Å². The van der Waals surface area contributed by atoms with E-state index in [0.29, 0.717) is 48.3 Å². The molecule has 1 amide bonds. The Bertz CT molecular complexity index is 959. The molecular weight excluding hydrogens is 420 g/mol. The van der Waals surface area contributed by atoms with Gasteiger partial charge in [0.05, 0.1) is 9.77 Å². The van der Waals surface area contributed by atoms with Crippen molar-refractivity contribution in [1.29, 1.82) is 0 Å². The van der Waals surface area contributed by atoms with Gasteiger partial charge in [-0.1, -0.05) is 19.9 Å². The van der Waals surface area contributed by atoms with E-state index in [1.54, 1.807) is 22.5 Å². The number of carbonyl (C=O) groups excluding carboxylic acids is 2. The molecule has 1 aliphatic heterocycles. The molecule has 3 rings (SSSR count). The second-order valence-electron chi connectivity index (χ2n) is 8.09. The van der Waals surface area contributed by atoms with E-state index in [9.17, 15) is 18.0 Å². The van der Waals surface area contributed by atoms with Crippen LogP contribution in [0.2, 0.25) is 0 Å². The zero-order valence-electron chi connectivity index (χ0n) is 17.3. The summed E-state index contributed by atoms with van der Waals surface area (Å²) in [6.45, 7) is 5.22. The van der Waals surface area contributed by atoms with E-state index in [0.717, 1.165) is 6.42 Å². The number of carbonyl (C=O) groups is 2. The number of piperidine rings is 1. The number of hydrogen-bond donors (Lipinski definition) is 1. The van der Waals surface area contributed by atoms with Gasteiger partial charge in [-0.2, -0.15) is 4.31 Å². The lowest BCUT2D eigenvalue weighted by atomic mass is 9.94. The molecule has 2 unspecified atom stereocenters. The molecule has 30 heavy (non-hydrogen) atoms. The summed E-state index contributed by atoms with van der Waals surface area (Å²) in [6, 6.07) is 9.91. The highest BCUT2D eigenvalue weighted by Crippen LogP contribution is 2.27. The van der Waals surface area contributed by atoms with Crippen LogP contribution in [0.25, 0.3) is 0 Å². The van der Waals surface area contributed by atoms with Crippen LogP contribution < -0.4 is 5.32 Å². The smallest absolute Gasteiger partial charge is 0.243 e. The summed E-state index contributed by atoms with van der Waals surface area (Å²) in [4.78, 5) is 25.1. The number of Topliss-reactive ketones (excluding diaryl/α,β-unsaturated/α-hetero) is 1. The summed E-state index contributed by atoms with van der Waals surface area (Å²) >= 11 is 1.40. The van der Waals surface area contributed by atoms with Crippen molar-refractivity contribution < 1.29 is 18.0 Å². The van der Waals surface area contributed by atoms with Gasteiger partial charge in [0.15, 0.2) is 5.78 Å². The van der Waals surface area contributed by atoms with E-state index in [1.165, 1.54) is 23.5 Å². The van der Waals surface area contributed by atoms with Gasteiger partial charge in [-0.05, 0) is 60.4 Å². The van der Waals surface area contributed by atoms with E-state index in [1.807, 2.05) is 11.4 Å². The predicted molar refractivity (Wildman–Crippen MR) is 119 cm³/mol. The van der Waals surface area contributed by atoms with Crippen LogP contribution in [0.1, 0.15) is 49.2 Å². The molecular formula is C22H28N2O4S2. The summed E-state index contributed by atoms with van der Waals surface area (Å²) in [7, 11) is -3.53.